The number of anilines is 2. The van der Waals surface area contributed by atoms with Gasteiger partial charge in [-0.05, 0) is 47.5 Å². The number of para-hydroxylation sites is 2. The standard InChI is InChI=1S/C30H24N2O4S/c1-3-21-13-5-7-15-23(21)29(33)31-25-17-9-11-19-27(25)37(35,36)28-20-12-10-18-26(28)32-30(34)24-16-8-6-14-22(24)4-2/h3-20H,1-2H2,(H,31,33)(H,32,34). The molecule has 0 aliphatic heterocycles. The summed E-state index contributed by atoms with van der Waals surface area (Å²) in [5.41, 5.74) is 2.19. The number of amides is 2. The maximum Gasteiger partial charge on any atom is 0.256 e. The predicted octanol–water partition coefficient (Wildman–Crippen LogP) is 6.31. The number of nitrogens with one attached hydrogen (secondary N) is 2. The quantitative estimate of drug-likeness (QED) is 0.292. The highest BCUT2D eigenvalue weighted by Gasteiger charge is 2.26. The first-order valence-corrected chi connectivity index (χ1v) is 12.8. The van der Waals surface area contributed by atoms with Crippen molar-refractivity contribution in [1.29, 1.82) is 0 Å². The zero-order valence-electron chi connectivity index (χ0n) is 19.8. The molecule has 4 aromatic carbocycles. The Hall–Kier alpha value is -4.75. The van der Waals surface area contributed by atoms with E-state index >= 15 is 0 Å². The van der Waals surface area contributed by atoms with E-state index < -0.39 is 21.7 Å². The van der Waals surface area contributed by atoms with Crippen molar-refractivity contribution in [1.82, 2.24) is 0 Å². The Balaban J connectivity index is 1.71. The van der Waals surface area contributed by atoms with Gasteiger partial charge in [0, 0.05) is 11.1 Å². The molecule has 0 bridgehead atoms. The largest absolute Gasteiger partial charge is 0.321 e. The van der Waals surface area contributed by atoms with Crippen LogP contribution in [0.2, 0.25) is 0 Å². The van der Waals surface area contributed by atoms with Gasteiger partial charge in [-0.15, -0.1) is 0 Å². The molecular formula is C30H24N2O4S. The molecule has 0 saturated heterocycles. The minimum atomic E-state index is -4.16. The van der Waals surface area contributed by atoms with Crippen molar-refractivity contribution in [2.45, 2.75) is 9.79 Å². The lowest BCUT2D eigenvalue weighted by molar-refractivity contribution is 0.101. The SMILES string of the molecule is C=Cc1ccccc1C(=O)Nc1ccccc1S(=O)(=O)c1ccccc1NC(=O)c1ccccc1C=C. The molecule has 4 rings (SSSR count). The molecule has 0 aromatic heterocycles. The summed E-state index contributed by atoms with van der Waals surface area (Å²) in [4.78, 5) is 25.8. The van der Waals surface area contributed by atoms with Gasteiger partial charge in [0.2, 0.25) is 9.84 Å². The predicted molar refractivity (Wildman–Crippen MR) is 147 cm³/mol. The molecular weight excluding hydrogens is 484 g/mol. The van der Waals surface area contributed by atoms with E-state index in [1.54, 1.807) is 84.9 Å². The van der Waals surface area contributed by atoms with Crippen LogP contribution < -0.4 is 10.6 Å². The number of benzene rings is 4. The highest BCUT2D eigenvalue weighted by molar-refractivity contribution is 7.91. The Kier molecular flexibility index (Phi) is 7.46. The highest BCUT2D eigenvalue weighted by atomic mass is 32.2. The van der Waals surface area contributed by atoms with E-state index in [0.717, 1.165) is 0 Å². The molecule has 4 aromatic rings. The second-order valence-corrected chi connectivity index (χ2v) is 9.87. The van der Waals surface area contributed by atoms with Crippen LogP contribution in [-0.2, 0) is 9.84 Å². The molecule has 0 unspecified atom stereocenters. The second kappa shape index (κ2) is 10.9. The molecule has 2 amide bonds. The zero-order valence-corrected chi connectivity index (χ0v) is 20.7. The molecule has 6 nitrogen and oxygen atoms in total. The lowest BCUT2D eigenvalue weighted by atomic mass is 10.1. The number of sulfone groups is 1. The van der Waals surface area contributed by atoms with Gasteiger partial charge in [0.25, 0.3) is 11.8 Å². The van der Waals surface area contributed by atoms with Crippen molar-refractivity contribution < 1.29 is 18.0 Å². The maximum absolute atomic E-state index is 13.8. The molecule has 37 heavy (non-hydrogen) atoms. The van der Waals surface area contributed by atoms with E-state index in [1.165, 1.54) is 24.3 Å². The Morgan fingerprint density at radius 1 is 0.568 bits per heavy atom. The summed E-state index contributed by atoms with van der Waals surface area (Å²) in [7, 11) is -4.16. The van der Waals surface area contributed by atoms with Crippen LogP contribution >= 0.6 is 0 Å². The van der Waals surface area contributed by atoms with Gasteiger partial charge in [-0.2, -0.15) is 0 Å². The fourth-order valence-electron chi connectivity index (χ4n) is 3.87. The van der Waals surface area contributed by atoms with Gasteiger partial charge in [-0.25, -0.2) is 8.42 Å². The fourth-order valence-corrected chi connectivity index (χ4v) is 5.44. The smallest absolute Gasteiger partial charge is 0.256 e. The summed E-state index contributed by atoms with van der Waals surface area (Å²) < 4.78 is 27.6. The van der Waals surface area contributed by atoms with Crippen LogP contribution in [0.15, 0.2) is 120 Å². The van der Waals surface area contributed by atoms with E-state index in [0.29, 0.717) is 22.3 Å². The van der Waals surface area contributed by atoms with E-state index in [9.17, 15) is 18.0 Å². The van der Waals surface area contributed by atoms with E-state index in [2.05, 4.69) is 23.8 Å². The molecule has 0 aliphatic carbocycles. The van der Waals surface area contributed by atoms with Gasteiger partial charge in [-0.3, -0.25) is 9.59 Å². The summed E-state index contributed by atoms with van der Waals surface area (Å²) in [6, 6.07) is 26.0. The molecule has 0 fully saturated rings. The van der Waals surface area contributed by atoms with Crippen LogP contribution in [0.25, 0.3) is 12.2 Å². The third-order valence-electron chi connectivity index (χ3n) is 5.70. The van der Waals surface area contributed by atoms with Gasteiger partial charge in [0.15, 0.2) is 0 Å². The number of hydrogen-bond donors (Lipinski definition) is 2. The number of carbonyl (C=O) groups excluding carboxylic acids is 2. The van der Waals surface area contributed by atoms with Gasteiger partial charge in [-0.1, -0.05) is 86.0 Å². The Labute approximate surface area is 215 Å². The normalized spacial score (nSPS) is 10.8. The Morgan fingerprint density at radius 2 is 0.919 bits per heavy atom. The lowest BCUT2D eigenvalue weighted by Gasteiger charge is -2.16. The first-order valence-electron chi connectivity index (χ1n) is 11.4. The van der Waals surface area contributed by atoms with Crippen molar-refractivity contribution in [2.24, 2.45) is 0 Å². The van der Waals surface area contributed by atoms with Crippen molar-refractivity contribution in [3.63, 3.8) is 0 Å². The molecule has 184 valence electrons. The second-order valence-electron chi connectivity index (χ2n) is 7.99. The van der Waals surface area contributed by atoms with E-state index in [4.69, 9.17) is 0 Å². The van der Waals surface area contributed by atoms with Crippen molar-refractivity contribution >= 4 is 45.2 Å². The monoisotopic (exact) mass is 508 g/mol. The van der Waals surface area contributed by atoms with Crippen LogP contribution in [0, 0.1) is 0 Å². The van der Waals surface area contributed by atoms with Crippen molar-refractivity contribution in [2.75, 3.05) is 10.6 Å². The van der Waals surface area contributed by atoms with E-state index in [1.807, 2.05) is 0 Å². The minimum absolute atomic E-state index is 0.104. The topological polar surface area (TPSA) is 92.3 Å². The first kappa shape index (κ1) is 25.3. The summed E-state index contributed by atoms with van der Waals surface area (Å²) in [5, 5.41) is 5.43. The average molecular weight is 509 g/mol. The third kappa shape index (κ3) is 5.27. The summed E-state index contributed by atoms with van der Waals surface area (Å²) in [6.45, 7) is 7.46. The number of carbonyl (C=O) groups is 2. The van der Waals surface area contributed by atoms with Gasteiger partial charge in [0.1, 0.15) is 0 Å². The van der Waals surface area contributed by atoms with Crippen LogP contribution in [0.1, 0.15) is 31.8 Å². The average Bonchev–Trinajstić information content (AvgIpc) is 2.93. The third-order valence-corrected chi connectivity index (χ3v) is 7.57. The Morgan fingerprint density at radius 3 is 1.32 bits per heavy atom. The van der Waals surface area contributed by atoms with Crippen LogP contribution in [0.4, 0.5) is 11.4 Å². The molecule has 0 atom stereocenters. The Bertz CT molecular complexity index is 1510. The van der Waals surface area contributed by atoms with Crippen molar-refractivity contribution in [3.8, 4) is 0 Å². The zero-order chi connectivity index (χ0) is 26.4. The summed E-state index contributed by atoms with van der Waals surface area (Å²) in [6.07, 6.45) is 3.11. The van der Waals surface area contributed by atoms with Gasteiger partial charge >= 0.3 is 0 Å². The van der Waals surface area contributed by atoms with Gasteiger partial charge in [0.05, 0.1) is 21.2 Å². The van der Waals surface area contributed by atoms with E-state index in [-0.39, 0.29) is 21.2 Å². The molecule has 7 heteroatoms. The molecule has 2 N–H and O–H groups in total. The number of rotatable bonds is 8. The van der Waals surface area contributed by atoms with Crippen LogP contribution in [0.3, 0.4) is 0 Å². The first-order chi connectivity index (χ1) is 17.9. The molecule has 0 radical (unpaired) electrons. The summed E-state index contributed by atoms with van der Waals surface area (Å²) in [5.74, 6) is -0.943. The van der Waals surface area contributed by atoms with Crippen LogP contribution in [0.5, 0.6) is 0 Å². The maximum atomic E-state index is 13.8. The lowest BCUT2D eigenvalue weighted by Crippen LogP contribution is -2.18. The summed E-state index contributed by atoms with van der Waals surface area (Å²) >= 11 is 0. The molecule has 0 heterocycles. The van der Waals surface area contributed by atoms with Crippen LogP contribution in [-0.4, -0.2) is 20.2 Å². The van der Waals surface area contributed by atoms with Crippen molar-refractivity contribution in [3.05, 3.63) is 132 Å². The molecule has 0 spiro atoms. The fraction of sp³-hybridized carbons (Fsp3) is 0. The van der Waals surface area contributed by atoms with Gasteiger partial charge < -0.3 is 10.6 Å². The highest BCUT2D eigenvalue weighted by Crippen LogP contribution is 2.32. The number of hydrogen-bond acceptors (Lipinski definition) is 4. The molecule has 0 saturated carbocycles. The minimum Gasteiger partial charge on any atom is -0.321 e. The molecule has 0 aliphatic rings.